The van der Waals surface area contributed by atoms with Gasteiger partial charge in [0.1, 0.15) is 6.04 Å². The maximum Gasteiger partial charge on any atom is 0.242 e. The molecule has 7 heteroatoms. The average Bonchev–Trinajstić information content (AvgIpc) is 2.46. The first-order valence-electron chi connectivity index (χ1n) is 6.31. The monoisotopic (exact) mass is 321 g/mol. The van der Waals surface area contributed by atoms with Crippen LogP contribution < -0.4 is 5.32 Å². The molecule has 0 aliphatic carbocycles. The van der Waals surface area contributed by atoms with Crippen molar-refractivity contribution in [2.24, 2.45) is 0 Å². The van der Waals surface area contributed by atoms with Crippen LogP contribution >= 0.6 is 24.8 Å². The number of halogens is 2. The molecule has 0 saturated carbocycles. The van der Waals surface area contributed by atoms with Gasteiger partial charge in [-0.05, 0) is 19.1 Å². The number of nitrogens with one attached hydrogen (secondary N) is 1. The van der Waals surface area contributed by atoms with Crippen molar-refractivity contribution in [1.82, 2.24) is 15.2 Å². The van der Waals surface area contributed by atoms with Crippen molar-refractivity contribution in [3.63, 3.8) is 0 Å². The van der Waals surface area contributed by atoms with Gasteiger partial charge in [-0.3, -0.25) is 9.78 Å². The van der Waals surface area contributed by atoms with E-state index < -0.39 is 0 Å². The lowest BCUT2D eigenvalue weighted by atomic mass is 10.2. The molecule has 1 unspecified atom stereocenters. The molecule has 20 heavy (non-hydrogen) atoms. The number of hydrogen-bond donors (Lipinski definition) is 1. The van der Waals surface area contributed by atoms with Crippen molar-refractivity contribution in [1.29, 1.82) is 0 Å². The largest absolute Gasteiger partial charge is 0.378 e. The summed E-state index contributed by atoms with van der Waals surface area (Å²) in [7, 11) is 0. The van der Waals surface area contributed by atoms with Crippen LogP contribution in [-0.4, -0.2) is 48.1 Å². The summed E-state index contributed by atoms with van der Waals surface area (Å²) < 4.78 is 5.32. The van der Waals surface area contributed by atoms with Crippen LogP contribution in [0.5, 0.6) is 0 Å². The van der Waals surface area contributed by atoms with E-state index in [0.717, 1.165) is 12.2 Å². The first kappa shape index (κ1) is 19.1. The zero-order valence-electron chi connectivity index (χ0n) is 11.4. The van der Waals surface area contributed by atoms with E-state index in [1.165, 1.54) is 0 Å². The molecular formula is C13H21Cl2N3O2. The fourth-order valence-electron chi connectivity index (χ4n) is 1.98. The van der Waals surface area contributed by atoms with Crippen LogP contribution in [0.4, 0.5) is 0 Å². The number of carbonyl (C=O) groups excluding carboxylic acids is 1. The second-order valence-electron chi connectivity index (χ2n) is 4.26. The quantitative estimate of drug-likeness (QED) is 0.907. The van der Waals surface area contributed by atoms with Gasteiger partial charge in [0, 0.05) is 19.3 Å². The highest BCUT2D eigenvalue weighted by molar-refractivity contribution is 5.85. The molecule has 1 saturated heterocycles. The Bertz CT molecular complexity index is 386. The molecule has 114 valence electrons. The van der Waals surface area contributed by atoms with E-state index in [1.54, 1.807) is 11.1 Å². The first-order chi connectivity index (χ1) is 8.81. The average molecular weight is 322 g/mol. The smallest absolute Gasteiger partial charge is 0.242 e. The Morgan fingerprint density at radius 1 is 1.50 bits per heavy atom. The third-order valence-corrected chi connectivity index (χ3v) is 2.99. The molecule has 1 N–H and O–H groups in total. The predicted molar refractivity (Wildman–Crippen MR) is 82.4 cm³/mol. The number of aromatic nitrogens is 1. The Kier molecular flexibility index (Phi) is 9.50. The van der Waals surface area contributed by atoms with E-state index in [0.29, 0.717) is 26.3 Å². The van der Waals surface area contributed by atoms with Crippen LogP contribution in [0.1, 0.15) is 12.6 Å². The molecule has 0 bridgehead atoms. The van der Waals surface area contributed by atoms with Gasteiger partial charge in [0.15, 0.2) is 0 Å². The van der Waals surface area contributed by atoms with Crippen molar-refractivity contribution in [2.45, 2.75) is 19.5 Å². The fourth-order valence-corrected chi connectivity index (χ4v) is 1.98. The van der Waals surface area contributed by atoms with E-state index in [9.17, 15) is 4.79 Å². The lowest BCUT2D eigenvalue weighted by Gasteiger charge is -2.29. The highest BCUT2D eigenvalue weighted by atomic mass is 35.5. The summed E-state index contributed by atoms with van der Waals surface area (Å²) in [5.74, 6) is 0.0860. The van der Waals surface area contributed by atoms with Gasteiger partial charge in [-0.1, -0.05) is 6.07 Å². The summed E-state index contributed by atoms with van der Waals surface area (Å²) in [5, 5.41) is 3.18. The minimum atomic E-state index is -0.220. The zero-order valence-corrected chi connectivity index (χ0v) is 13.1. The Labute approximate surface area is 131 Å². The number of rotatable bonds is 4. The summed E-state index contributed by atoms with van der Waals surface area (Å²) in [6.07, 6.45) is 1.75. The number of nitrogens with zero attached hydrogens (tertiary/aromatic N) is 2. The zero-order chi connectivity index (χ0) is 12.8. The second-order valence-corrected chi connectivity index (χ2v) is 4.26. The number of pyridine rings is 1. The van der Waals surface area contributed by atoms with Gasteiger partial charge in [-0.15, -0.1) is 24.8 Å². The molecule has 0 radical (unpaired) electrons. The lowest BCUT2D eigenvalue weighted by Crippen LogP contribution is -2.52. The fraction of sp³-hybridized carbons (Fsp3) is 0.538. The van der Waals surface area contributed by atoms with Crippen molar-refractivity contribution < 1.29 is 9.53 Å². The maximum atomic E-state index is 12.3. The summed E-state index contributed by atoms with van der Waals surface area (Å²) in [5.41, 5.74) is 0.907. The number of likely N-dealkylation sites (N-methyl/N-ethyl adjacent to an activating group) is 1. The van der Waals surface area contributed by atoms with E-state index in [-0.39, 0.29) is 36.8 Å². The van der Waals surface area contributed by atoms with Gasteiger partial charge >= 0.3 is 0 Å². The highest BCUT2D eigenvalue weighted by Gasteiger charge is 2.25. The summed E-state index contributed by atoms with van der Waals surface area (Å²) in [4.78, 5) is 18.3. The van der Waals surface area contributed by atoms with Gasteiger partial charge in [0.25, 0.3) is 0 Å². The molecule has 0 aromatic carbocycles. The molecule has 2 heterocycles. The normalized spacial score (nSPS) is 17.6. The van der Waals surface area contributed by atoms with Crippen molar-refractivity contribution in [3.8, 4) is 0 Å². The summed E-state index contributed by atoms with van der Waals surface area (Å²) >= 11 is 0. The molecular weight excluding hydrogens is 301 g/mol. The molecule has 1 atom stereocenters. The highest BCUT2D eigenvalue weighted by Crippen LogP contribution is 2.05. The molecule has 1 amide bonds. The number of amides is 1. The topological polar surface area (TPSA) is 54.5 Å². The SMILES string of the molecule is CCN(Cc1ccccn1)C(=O)C1COCCN1.Cl.Cl. The Hall–Kier alpha value is -0.880. The molecule has 1 aromatic rings. The van der Waals surface area contributed by atoms with Crippen LogP contribution in [0.3, 0.4) is 0 Å². The van der Waals surface area contributed by atoms with Gasteiger partial charge < -0.3 is 15.0 Å². The van der Waals surface area contributed by atoms with Gasteiger partial charge in [-0.2, -0.15) is 0 Å². The second kappa shape index (κ2) is 9.94. The lowest BCUT2D eigenvalue weighted by molar-refractivity contribution is -0.136. The van der Waals surface area contributed by atoms with Gasteiger partial charge in [0.05, 0.1) is 25.5 Å². The number of carbonyl (C=O) groups is 1. The summed E-state index contributed by atoms with van der Waals surface area (Å²) in [6.45, 7) is 5.07. The third-order valence-electron chi connectivity index (χ3n) is 2.99. The van der Waals surface area contributed by atoms with Crippen molar-refractivity contribution in [2.75, 3.05) is 26.3 Å². The van der Waals surface area contributed by atoms with Crippen molar-refractivity contribution in [3.05, 3.63) is 30.1 Å². The van der Waals surface area contributed by atoms with E-state index in [4.69, 9.17) is 4.74 Å². The van der Waals surface area contributed by atoms with Gasteiger partial charge in [-0.25, -0.2) is 0 Å². The standard InChI is InChI=1S/C13H19N3O2.2ClH/c1-2-16(9-11-5-3-4-6-14-11)13(17)12-10-18-8-7-15-12;;/h3-6,12,15H,2,7-10H2,1H3;2*1H. The minimum Gasteiger partial charge on any atom is -0.378 e. The van der Waals surface area contributed by atoms with Gasteiger partial charge in [0.2, 0.25) is 5.91 Å². The van der Waals surface area contributed by atoms with Crippen LogP contribution in [0.2, 0.25) is 0 Å². The molecule has 1 aromatic heterocycles. The molecule has 5 nitrogen and oxygen atoms in total. The molecule has 1 fully saturated rings. The summed E-state index contributed by atoms with van der Waals surface area (Å²) in [6, 6.07) is 5.52. The van der Waals surface area contributed by atoms with E-state index in [1.807, 2.05) is 25.1 Å². The number of hydrogen-bond acceptors (Lipinski definition) is 4. The van der Waals surface area contributed by atoms with E-state index in [2.05, 4.69) is 10.3 Å². The first-order valence-corrected chi connectivity index (χ1v) is 6.31. The Morgan fingerprint density at radius 3 is 2.85 bits per heavy atom. The maximum absolute atomic E-state index is 12.3. The van der Waals surface area contributed by atoms with Crippen LogP contribution in [-0.2, 0) is 16.1 Å². The number of morpholine rings is 1. The molecule has 2 rings (SSSR count). The molecule has 0 spiro atoms. The van der Waals surface area contributed by atoms with Crippen LogP contribution in [0.15, 0.2) is 24.4 Å². The van der Waals surface area contributed by atoms with Crippen molar-refractivity contribution >= 4 is 30.7 Å². The Balaban J connectivity index is 0.00000180. The molecule has 1 aliphatic heterocycles. The number of ether oxygens (including phenoxy) is 1. The Morgan fingerprint density at radius 2 is 2.30 bits per heavy atom. The van der Waals surface area contributed by atoms with Crippen LogP contribution in [0, 0.1) is 0 Å². The molecule has 1 aliphatic rings. The predicted octanol–water partition coefficient (Wildman–Crippen LogP) is 1.26. The van der Waals surface area contributed by atoms with Crippen LogP contribution in [0.25, 0.3) is 0 Å². The van der Waals surface area contributed by atoms with E-state index >= 15 is 0 Å². The minimum absolute atomic E-state index is 0. The third kappa shape index (κ3) is 5.25.